The topological polar surface area (TPSA) is 67.2 Å². The molecule has 2 aromatic rings. The monoisotopic (exact) mass is 370 g/mol. The molecular formula is C21H30N4O2. The van der Waals surface area contributed by atoms with Gasteiger partial charge in [-0.25, -0.2) is 4.98 Å². The summed E-state index contributed by atoms with van der Waals surface area (Å²) in [6.45, 7) is 5.76. The number of fused-ring (bicyclic) bond motifs is 1. The smallest absolute Gasteiger partial charge is 0.224 e. The van der Waals surface area contributed by atoms with Crippen molar-refractivity contribution in [2.75, 3.05) is 13.1 Å². The molecule has 1 N–H and O–H groups in total. The predicted octanol–water partition coefficient (Wildman–Crippen LogP) is 2.90. The van der Waals surface area contributed by atoms with Crippen LogP contribution in [-0.2, 0) is 22.6 Å². The average molecular weight is 370 g/mol. The van der Waals surface area contributed by atoms with Gasteiger partial charge in [-0.3, -0.25) is 9.59 Å². The van der Waals surface area contributed by atoms with Gasteiger partial charge < -0.3 is 14.8 Å². The molecule has 6 nitrogen and oxygen atoms in total. The zero-order chi connectivity index (χ0) is 19.2. The second-order valence-electron chi connectivity index (χ2n) is 7.28. The second kappa shape index (κ2) is 9.02. The Kier molecular flexibility index (Phi) is 6.48. The fourth-order valence-corrected chi connectivity index (χ4v) is 4.04. The van der Waals surface area contributed by atoms with Gasteiger partial charge in [-0.1, -0.05) is 19.1 Å². The zero-order valence-electron chi connectivity index (χ0n) is 16.4. The van der Waals surface area contributed by atoms with Crippen LogP contribution in [0.3, 0.4) is 0 Å². The van der Waals surface area contributed by atoms with Crippen LogP contribution in [0.15, 0.2) is 24.3 Å². The first kappa shape index (κ1) is 19.4. The first-order valence-corrected chi connectivity index (χ1v) is 10.1. The Bertz CT molecular complexity index is 799. The number of imidazole rings is 1. The lowest BCUT2D eigenvalue weighted by Gasteiger charge is -2.36. The molecule has 0 saturated carbocycles. The maximum Gasteiger partial charge on any atom is 0.224 e. The molecule has 146 valence electrons. The predicted molar refractivity (Wildman–Crippen MR) is 106 cm³/mol. The molecular weight excluding hydrogens is 340 g/mol. The summed E-state index contributed by atoms with van der Waals surface area (Å²) in [5.41, 5.74) is 2.09. The van der Waals surface area contributed by atoms with Crippen molar-refractivity contribution in [2.45, 2.75) is 65.0 Å². The molecule has 1 aliphatic rings. The molecule has 27 heavy (non-hydrogen) atoms. The van der Waals surface area contributed by atoms with E-state index in [1.165, 1.54) is 6.92 Å². The number of carbonyl (C=O) groups is 2. The third kappa shape index (κ3) is 4.67. The Balaban J connectivity index is 1.64. The summed E-state index contributed by atoms with van der Waals surface area (Å²) in [6.07, 6.45) is 5.42. The lowest BCUT2D eigenvalue weighted by atomic mass is 9.98. The lowest BCUT2D eigenvalue weighted by Crippen LogP contribution is -2.45. The van der Waals surface area contributed by atoms with Crippen molar-refractivity contribution in [3.63, 3.8) is 0 Å². The van der Waals surface area contributed by atoms with Gasteiger partial charge in [0.15, 0.2) is 0 Å². The number of carbonyl (C=O) groups excluding carboxylic acids is 2. The molecule has 2 amide bonds. The molecule has 2 heterocycles. The highest BCUT2D eigenvalue weighted by Gasteiger charge is 2.26. The molecule has 0 spiro atoms. The van der Waals surface area contributed by atoms with Crippen LogP contribution in [0.1, 0.15) is 51.8 Å². The van der Waals surface area contributed by atoms with Gasteiger partial charge in [0.25, 0.3) is 0 Å². The van der Waals surface area contributed by atoms with Crippen molar-refractivity contribution in [3.05, 3.63) is 30.1 Å². The molecule has 3 rings (SSSR count). The lowest BCUT2D eigenvalue weighted by molar-refractivity contribution is -0.135. The molecule has 1 atom stereocenters. The molecule has 0 radical (unpaired) electrons. The Morgan fingerprint density at radius 3 is 2.85 bits per heavy atom. The minimum Gasteiger partial charge on any atom is -0.356 e. The highest BCUT2D eigenvalue weighted by Crippen LogP contribution is 2.22. The molecule has 6 heteroatoms. The van der Waals surface area contributed by atoms with Crippen LogP contribution in [0.2, 0.25) is 0 Å². The first-order chi connectivity index (χ1) is 13.1. The van der Waals surface area contributed by atoms with E-state index < -0.39 is 0 Å². The fraction of sp³-hybridized carbons (Fsp3) is 0.571. The summed E-state index contributed by atoms with van der Waals surface area (Å²) in [6, 6.07) is 8.35. The maximum atomic E-state index is 12.9. The minimum absolute atomic E-state index is 0.0113. The quantitative estimate of drug-likeness (QED) is 0.815. The number of hydrogen-bond donors (Lipinski definition) is 1. The van der Waals surface area contributed by atoms with Gasteiger partial charge in [0.05, 0.1) is 11.0 Å². The Labute approximate surface area is 160 Å². The van der Waals surface area contributed by atoms with E-state index in [0.717, 1.165) is 55.5 Å². The van der Waals surface area contributed by atoms with Crippen LogP contribution in [0.25, 0.3) is 11.0 Å². The maximum absolute atomic E-state index is 12.9. The third-order valence-corrected chi connectivity index (χ3v) is 5.40. The normalized spacial score (nSPS) is 17.3. The molecule has 1 aromatic heterocycles. The van der Waals surface area contributed by atoms with E-state index in [9.17, 15) is 9.59 Å². The van der Waals surface area contributed by atoms with Gasteiger partial charge in [0.2, 0.25) is 11.8 Å². The summed E-state index contributed by atoms with van der Waals surface area (Å²) in [5, 5.41) is 2.85. The number of nitrogens with zero attached hydrogens (tertiary/aromatic N) is 3. The highest BCUT2D eigenvalue weighted by molar-refractivity contribution is 5.78. The van der Waals surface area contributed by atoms with Gasteiger partial charge in [-0.05, 0) is 37.8 Å². The molecule has 1 aliphatic heterocycles. The number of nitrogens with one attached hydrogen (secondary N) is 1. The van der Waals surface area contributed by atoms with Gasteiger partial charge in [0.1, 0.15) is 5.82 Å². The standard InChI is InChI=1S/C21H30N4O2/c1-3-20-23-18-9-4-5-10-19(18)25(20)15-12-21(27)24-14-7-6-8-17(24)11-13-22-16(2)26/h4-5,9-10,17H,3,6-8,11-15H2,1-2H3,(H,22,26)/t17-/m0/s1. The summed E-state index contributed by atoms with van der Waals surface area (Å²) < 4.78 is 2.18. The van der Waals surface area contributed by atoms with Crippen LogP contribution in [0.5, 0.6) is 0 Å². The van der Waals surface area contributed by atoms with Crippen molar-refractivity contribution in [3.8, 4) is 0 Å². The van der Waals surface area contributed by atoms with E-state index in [4.69, 9.17) is 4.98 Å². The van der Waals surface area contributed by atoms with E-state index >= 15 is 0 Å². The number of piperidine rings is 1. The summed E-state index contributed by atoms with van der Waals surface area (Å²) in [7, 11) is 0. The van der Waals surface area contributed by atoms with E-state index in [-0.39, 0.29) is 17.9 Å². The van der Waals surface area contributed by atoms with Crippen LogP contribution < -0.4 is 5.32 Å². The zero-order valence-corrected chi connectivity index (χ0v) is 16.4. The van der Waals surface area contributed by atoms with E-state index in [1.807, 2.05) is 23.1 Å². The van der Waals surface area contributed by atoms with Crippen LogP contribution >= 0.6 is 0 Å². The summed E-state index contributed by atoms with van der Waals surface area (Å²) in [5.74, 6) is 1.23. The molecule has 0 aliphatic carbocycles. The molecule has 1 fully saturated rings. The number of aromatic nitrogens is 2. The third-order valence-electron chi connectivity index (χ3n) is 5.40. The van der Waals surface area contributed by atoms with Crippen molar-refractivity contribution >= 4 is 22.8 Å². The number of benzene rings is 1. The fourth-order valence-electron chi connectivity index (χ4n) is 4.04. The SMILES string of the molecule is CCc1nc2ccccc2n1CCC(=O)N1CCCC[C@H]1CCNC(C)=O. The molecule has 1 aromatic carbocycles. The number of para-hydroxylation sites is 2. The van der Waals surface area contributed by atoms with Crippen LogP contribution in [0.4, 0.5) is 0 Å². The largest absolute Gasteiger partial charge is 0.356 e. The highest BCUT2D eigenvalue weighted by atomic mass is 16.2. The number of rotatable bonds is 7. The van der Waals surface area contributed by atoms with E-state index in [0.29, 0.717) is 19.5 Å². The number of amides is 2. The minimum atomic E-state index is -0.0113. The average Bonchev–Trinajstić information content (AvgIpc) is 3.04. The Morgan fingerprint density at radius 2 is 2.07 bits per heavy atom. The van der Waals surface area contributed by atoms with Gasteiger partial charge in [-0.2, -0.15) is 0 Å². The molecule has 0 bridgehead atoms. The van der Waals surface area contributed by atoms with E-state index in [1.54, 1.807) is 0 Å². The van der Waals surface area contributed by atoms with Crippen molar-refractivity contribution in [2.24, 2.45) is 0 Å². The number of aryl methyl sites for hydroxylation is 2. The van der Waals surface area contributed by atoms with Crippen LogP contribution in [0, 0.1) is 0 Å². The number of likely N-dealkylation sites (tertiary alicyclic amines) is 1. The van der Waals surface area contributed by atoms with E-state index in [2.05, 4.69) is 22.9 Å². The van der Waals surface area contributed by atoms with Gasteiger partial charge >= 0.3 is 0 Å². The second-order valence-corrected chi connectivity index (χ2v) is 7.28. The molecule has 0 unspecified atom stereocenters. The summed E-state index contributed by atoms with van der Waals surface area (Å²) in [4.78, 5) is 30.8. The van der Waals surface area contributed by atoms with Crippen molar-refractivity contribution in [1.82, 2.24) is 19.8 Å². The van der Waals surface area contributed by atoms with Crippen LogP contribution in [-0.4, -0.2) is 45.4 Å². The Morgan fingerprint density at radius 1 is 1.26 bits per heavy atom. The van der Waals surface area contributed by atoms with Crippen molar-refractivity contribution < 1.29 is 9.59 Å². The van der Waals surface area contributed by atoms with Crippen molar-refractivity contribution in [1.29, 1.82) is 0 Å². The van der Waals surface area contributed by atoms with Gasteiger partial charge in [0, 0.05) is 45.4 Å². The first-order valence-electron chi connectivity index (χ1n) is 10.1. The Hall–Kier alpha value is -2.37. The number of hydrogen-bond acceptors (Lipinski definition) is 3. The molecule has 1 saturated heterocycles. The van der Waals surface area contributed by atoms with Gasteiger partial charge in [-0.15, -0.1) is 0 Å². The summed E-state index contributed by atoms with van der Waals surface area (Å²) >= 11 is 0.